The van der Waals surface area contributed by atoms with Crippen LogP contribution in [0, 0.1) is 0 Å². The summed E-state index contributed by atoms with van der Waals surface area (Å²) in [7, 11) is 0. The highest BCUT2D eigenvalue weighted by atomic mass is 35.5. The highest BCUT2D eigenvalue weighted by molar-refractivity contribution is 6.30. The highest BCUT2D eigenvalue weighted by Crippen LogP contribution is 2.41. The van der Waals surface area contributed by atoms with Gasteiger partial charge in [0.25, 0.3) is 0 Å². The lowest BCUT2D eigenvalue weighted by molar-refractivity contribution is 0.284. The number of aliphatic imine (C=N–C) groups is 1. The second-order valence-electron chi connectivity index (χ2n) is 7.77. The van der Waals surface area contributed by atoms with Gasteiger partial charge in [0.15, 0.2) is 0 Å². The monoisotopic (exact) mass is 390 g/mol. The molecule has 1 heterocycles. The average molecular weight is 391 g/mol. The number of likely N-dealkylation sites (tertiary alicyclic amines) is 1. The summed E-state index contributed by atoms with van der Waals surface area (Å²) in [6, 6.07) is 17.0. The molecular formula is C25H27ClN2. The van der Waals surface area contributed by atoms with Gasteiger partial charge in [0.1, 0.15) is 5.82 Å². The molecule has 2 aliphatic rings. The van der Waals surface area contributed by atoms with Gasteiger partial charge in [0.2, 0.25) is 0 Å². The fraction of sp³-hybridized carbons (Fsp3) is 0.320. The van der Waals surface area contributed by atoms with E-state index >= 15 is 0 Å². The van der Waals surface area contributed by atoms with Crippen molar-refractivity contribution < 1.29 is 0 Å². The summed E-state index contributed by atoms with van der Waals surface area (Å²) in [6.07, 6.45) is 6.79. The summed E-state index contributed by atoms with van der Waals surface area (Å²) >= 11 is 6.12. The molecule has 1 aliphatic heterocycles. The van der Waals surface area contributed by atoms with Gasteiger partial charge < -0.3 is 4.90 Å². The first-order valence-electron chi connectivity index (χ1n) is 10.2. The van der Waals surface area contributed by atoms with Crippen molar-refractivity contribution in [3.05, 3.63) is 88.2 Å². The van der Waals surface area contributed by atoms with E-state index in [2.05, 4.69) is 54.8 Å². The molecule has 0 N–H and O–H groups in total. The largest absolute Gasteiger partial charge is 0.357 e. The van der Waals surface area contributed by atoms with Crippen molar-refractivity contribution in [2.45, 2.75) is 38.5 Å². The van der Waals surface area contributed by atoms with E-state index in [0.717, 1.165) is 30.4 Å². The van der Waals surface area contributed by atoms with Gasteiger partial charge in [-0.2, -0.15) is 0 Å². The smallest absolute Gasteiger partial charge is 0.121 e. The number of halogens is 1. The lowest BCUT2D eigenvalue weighted by Crippen LogP contribution is -2.28. The van der Waals surface area contributed by atoms with E-state index in [4.69, 9.17) is 16.6 Å². The van der Waals surface area contributed by atoms with E-state index in [0.29, 0.717) is 5.92 Å². The molecule has 1 aliphatic carbocycles. The molecule has 2 aromatic carbocycles. The molecule has 0 spiro atoms. The molecule has 2 aromatic rings. The third kappa shape index (κ3) is 3.93. The number of hydrogen-bond donors (Lipinski definition) is 0. The Labute approximate surface area is 173 Å². The van der Waals surface area contributed by atoms with E-state index < -0.39 is 0 Å². The second kappa shape index (κ2) is 8.36. The van der Waals surface area contributed by atoms with Crippen molar-refractivity contribution in [1.29, 1.82) is 0 Å². The second-order valence-corrected chi connectivity index (χ2v) is 8.20. The molecule has 1 saturated heterocycles. The van der Waals surface area contributed by atoms with E-state index in [1.165, 1.54) is 47.1 Å². The molecule has 1 fully saturated rings. The van der Waals surface area contributed by atoms with Gasteiger partial charge in [-0.05, 0) is 72.6 Å². The van der Waals surface area contributed by atoms with Crippen LogP contribution in [0.4, 0.5) is 0 Å². The minimum Gasteiger partial charge on any atom is -0.357 e. The lowest BCUT2D eigenvalue weighted by atomic mass is 9.76. The van der Waals surface area contributed by atoms with Crippen molar-refractivity contribution in [2.24, 2.45) is 4.99 Å². The number of nitrogens with zero attached hydrogens (tertiary/aromatic N) is 2. The van der Waals surface area contributed by atoms with Crippen LogP contribution in [0.15, 0.2) is 71.5 Å². The third-order valence-electron chi connectivity index (χ3n) is 6.01. The van der Waals surface area contributed by atoms with Crippen LogP contribution in [0.25, 0.3) is 5.57 Å². The normalized spacial score (nSPS) is 19.8. The zero-order valence-electron chi connectivity index (χ0n) is 16.5. The van der Waals surface area contributed by atoms with Crippen LogP contribution in [0.1, 0.15) is 55.2 Å². The van der Waals surface area contributed by atoms with Crippen molar-refractivity contribution in [2.75, 3.05) is 13.1 Å². The number of rotatable bonds is 4. The van der Waals surface area contributed by atoms with E-state index in [1.54, 1.807) is 0 Å². The lowest BCUT2D eigenvalue weighted by Gasteiger charge is -2.29. The molecule has 0 saturated carbocycles. The topological polar surface area (TPSA) is 15.6 Å². The van der Waals surface area contributed by atoms with E-state index in [1.807, 2.05) is 18.3 Å². The molecular weight excluding hydrogens is 364 g/mol. The Morgan fingerprint density at radius 3 is 2.54 bits per heavy atom. The van der Waals surface area contributed by atoms with Crippen molar-refractivity contribution in [1.82, 2.24) is 4.90 Å². The average Bonchev–Trinajstić information content (AvgIpc) is 2.74. The molecule has 4 rings (SSSR count). The van der Waals surface area contributed by atoms with E-state index in [-0.39, 0.29) is 0 Å². The Morgan fingerprint density at radius 2 is 1.79 bits per heavy atom. The first-order chi connectivity index (χ1) is 13.6. The zero-order chi connectivity index (χ0) is 19.5. The molecule has 1 unspecified atom stereocenters. The quantitative estimate of drug-likeness (QED) is 0.532. The first kappa shape index (κ1) is 19.0. The fourth-order valence-corrected chi connectivity index (χ4v) is 4.45. The minimum absolute atomic E-state index is 0.321. The van der Waals surface area contributed by atoms with Crippen LogP contribution in [-0.4, -0.2) is 24.2 Å². The molecule has 0 aromatic heterocycles. The minimum atomic E-state index is 0.321. The van der Waals surface area contributed by atoms with Gasteiger partial charge in [-0.1, -0.05) is 54.6 Å². The molecule has 144 valence electrons. The van der Waals surface area contributed by atoms with Crippen LogP contribution < -0.4 is 0 Å². The first-order valence-corrected chi connectivity index (χ1v) is 10.5. The Bertz CT molecular complexity index is 918. The van der Waals surface area contributed by atoms with Crippen molar-refractivity contribution in [3.63, 3.8) is 0 Å². The maximum absolute atomic E-state index is 6.12. The van der Waals surface area contributed by atoms with Crippen molar-refractivity contribution >= 4 is 23.4 Å². The molecule has 0 bridgehead atoms. The number of hydrogen-bond acceptors (Lipinski definition) is 2. The summed E-state index contributed by atoms with van der Waals surface area (Å²) in [5, 5.41) is 0.777. The predicted molar refractivity (Wildman–Crippen MR) is 120 cm³/mol. The van der Waals surface area contributed by atoms with Crippen LogP contribution >= 0.6 is 11.6 Å². The molecule has 1 atom stereocenters. The third-order valence-corrected chi connectivity index (χ3v) is 6.26. The van der Waals surface area contributed by atoms with Crippen LogP contribution in [0.5, 0.6) is 0 Å². The Kier molecular flexibility index (Phi) is 5.68. The molecule has 3 heteroatoms. The van der Waals surface area contributed by atoms with Crippen LogP contribution in [-0.2, 0) is 0 Å². The zero-order valence-corrected chi connectivity index (χ0v) is 17.3. The number of benzene rings is 2. The summed E-state index contributed by atoms with van der Waals surface area (Å²) in [6.45, 7) is 8.57. The van der Waals surface area contributed by atoms with Gasteiger partial charge in [-0.15, -0.1) is 0 Å². The van der Waals surface area contributed by atoms with Crippen molar-refractivity contribution in [3.8, 4) is 0 Å². The Balaban J connectivity index is 1.64. The molecule has 28 heavy (non-hydrogen) atoms. The van der Waals surface area contributed by atoms with Crippen LogP contribution in [0.3, 0.4) is 0 Å². The maximum Gasteiger partial charge on any atom is 0.121 e. The van der Waals surface area contributed by atoms with Crippen LogP contribution in [0.2, 0.25) is 5.02 Å². The van der Waals surface area contributed by atoms with Gasteiger partial charge in [-0.3, -0.25) is 0 Å². The number of allylic oxidation sites excluding steroid dienone is 2. The summed E-state index contributed by atoms with van der Waals surface area (Å²) in [5.74, 6) is 1.21. The highest BCUT2D eigenvalue weighted by Gasteiger charge is 2.25. The van der Waals surface area contributed by atoms with Gasteiger partial charge >= 0.3 is 0 Å². The van der Waals surface area contributed by atoms with E-state index in [9.17, 15) is 0 Å². The predicted octanol–water partition coefficient (Wildman–Crippen LogP) is 6.68. The molecule has 0 amide bonds. The maximum atomic E-state index is 6.12. The number of fused-ring (bicyclic) bond motifs is 1. The summed E-state index contributed by atoms with van der Waals surface area (Å²) < 4.78 is 0. The van der Waals surface area contributed by atoms with Gasteiger partial charge in [0.05, 0.1) is 0 Å². The summed E-state index contributed by atoms with van der Waals surface area (Å²) in [4.78, 5) is 7.07. The SMILES string of the molecule is C=C(N=CC1=C(C)c2ccccc2C(c2ccc(Cl)cc2)C1)N1CCCCC1. The molecule has 0 radical (unpaired) electrons. The molecule has 2 nitrogen and oxygen atoms in total. The van der Waals surface area contributed by atoms with Gasteiger partial charge in [-0.25, -0.2) is 4.99 Å². The van der Waals surface area contributed by atoms with Gasteiger partial charge in [0, 0.05) is 30.2 Å². The number of piperidine rings is 1. The standard InChI is InChI=1S/C25H27ClN2/c1-18-21(17-27-19(2)28-14-6-3-7-15-28)16-25(20-10-12-22(26)13-11-20)24-9-5-4-8-23(18)24/h4-5,8-13,17,25H,2-3,6-7,14-16H2,1H3. The fourth-order valence-electron chi connectivity index (χ4n) is 4.33. The summed E-state index contributed by atoms with van der Waals surface area (Å²) in [5.41, 5.74) is 6.60. The Morgan fingerprint density at radius 1 is 1.07 bits per heavy atom. The Hall–Kier alpha value is -2.32.